The molecule has 18 heavy (non-hydrogen) atoms. The van der Waals surface area contributed by atoms with Gasteiger partial charge in [0.15, 0.2) is 0 Å². The average Bonchev–Trinajstić information content (AvgIpc) is 2.86. The van der Waals surface area contributed by atoms with Crippen LogP contribution in [-0.4, -0.2) is 0 Å². The molecule has 1 aliphatic rings. The lowest BCUT2D eigenvalue weighted by atomic mass is 10.0. The van der Waals surface area contributed by atoms with Crippen molar-refractivity contribution in [3.8, 4) is 0 Å². The highest BCUT2D eigenvalue weighted by Crippen LogP contribution is 2.33. The number of fused-ring (bicyclic) bond motifs is 1. The molecule has 2 aromatic carbocycles. The van der Waals surface area contributed by atoms with Gasteiger partial charge in [-0.05, 0) is 34.4 Å². The molecule has 92 valence electrons. The Bertz CT molecular complexity index is 565. The van der Waals surface area contributed by atoms with Crippen LogP contribution in [0.5, 0.6) is 0 Å². The fraction of sp³-hybridized carbons (Fsp3) is 0.200. The van der Waals surface area contributed by atoms with Crippen molar-refractivity contribution in [2.75, 3.05) is 0 Å². The minimum atomic E-state index is 0.195. The highest BCUT2D eigenvalue weighted by Gasteiger charge is 2.15. The summed E-state index contributed by atoms with van der Waals surface area (Å²) in [4.78, 5) is 0.195. The van der Waals surface area contributed by atoms with Crippen molar-refractivity contribution in [3.63, 3.8) is 0 Å². The average molecular weight is 324 g/mol. The Morgan fingerprint density at radius 3 is 2.39 bits per heavy atom. The Balaban J connectivity index is 1.92. The van der Waals surface area contributed by atoms with Gasteiger partial charge in [0.05, 0.1) is 18.0 Å². The van der Waals surface area contributed by atoms with Crippen LogP contribution in [0.15, 0.2) is 42.5 Å². The van der Waals surface area contributed by atoms with Crippen molar-refractivity contribution in [2.24, 2.45) is 0 Å². The first-order chi connectivity index (χ1) is 8.74. The van der Waals surface area contributed by atoms with Crippen LogP contribution in [0, 0.1) is 0 Å². The molecule has 0 bridgehead atoms. The van der Waals surface area contributed by atoms with Crippen molar-refractivity contribution >= 4 is 27.5 Å². The molecule has 0 aliphatic carbocycles. The van der Waals surface area contributed by atoms with Crippen LogP contribution in [0.2, 0.25) is 5.02 Å². The summed E-state index contributed by atoms with van der Waals surface area (Å²) in [6.07, 6.45) is 0. The van der Waals surface area contributed by atoms with Crippen LogP contribution in [-0.2, 0) is 18.0 Å². The van der Waals surface area contributed by atoms with Crippen LogP contribution in [0.1, 0.15) is 27.1 Å². The largest absolute Gasteiger partial charge is 0.372 e. The summed E-state index contributed by atoms with van der Waals surface area (Å²) in [6.45, 7) is 1.47. The van der Waals surface area contributed by atoms with E-state index in [-0.39, 0.29) is 4.83 Å². The first-order valence-electron chi connectivity index (χ1n) is 5.83. The molecule has 0 saturated heterocycles. The van der Waals surface area contributed by atoms with Gasteiger partial charge in [-0.3, -0.25) is 0 Å². The van der Waals surface area contributed by atoms with Crippen LogP contribution < -0.4 is 0 Å². The Labute approximate surface area is 120 Å². The van der Waals surface area contributed by atoms with Crippen LogP contribution in [0.3, 0.4) is 0 Å². The maximum atomic E-state index is 5.91. The third kappa shape index (κ3) is 2.33. The van der Waals surface area contributed by atoms with Gasteiger partial charge in [-0.15, -0.1) is 0 Å². The van der Waals surface area contributed by atoms with E-state index in [1.54, 1.807) is 0 Å². The summed E-state index contributed by atoms with van der Waals surface area (Å²) in [7, 11) is 0. The van der Waals surface area contributed by atoms with Crippen molar-refractivity contribution in [2.45, 2.75) is 18.0 Å². The molecule has 1 nitrogen and oxygen atoms in total. The van der Waals surface area contributed by atoms with E-state index in [1.807, 2.05) is 24.3 Å². The van der Waals surface area contributed by atoms with Crippen LogP contribution in [0.25, 0.3) is 0 Å². The second kappa shape index (κ2) is 5.04. The number of hydrogen-bond acceptors (Lipinski definition) is 1. The quantitative estimate of drug-likeness (QED) is 0.718. The lowest BCUT2D eigenvalue weighted by Gasteiger charge is -2.12. The van der Waals surface area contributed by atoms with E-state index < -0.39 is 0 Å². The third-order valence-electron chi connectivity index (χ3n) is 3.20. The number of rotatable bonds is 2. The van der Waals surface area contributed by atoms with E-state index in [4.69, 9.17) is 16.3 Å². The SMILES string of the molecule is Clc1ccc(C(Br)c2ccc3c(c2)COC3)cc1. The third-order valence-corrected chi connectivity index (χ3v) is 4.51. The lowest BCUT2D eigenvalue weighted by Crippen LogP contribution is -1.94. The first-order valence-corrected chi connectivity index (χ1v) is 7.12. The molecule has 0 fully saturated rings. The second-order valence-corrected chi connectivity index (χ2v) is 5.79. The maximum Gasteiger partial charge on any atom is 0.0725 e. The molecule has 1 atom stereocenters. The predicted octanol–water partition coefficient (Wildman–Crippen LogP) is 4.85. The Morgan fingerprint density at radius 2 is 1.61 bits per heavy atom. The molecule has 0 N–H and O–H groups in total. The molecule has 1 unspecified atom stereocenters. The summed E-state index contributed by atoms with van der Waals surface area (Å²) in [6, 6.07) is 14.5. The maximum absolute atomic E-state index is 5.91. The molecular formula is C15H12BrClO. The summed E-state index contributed by atoms with van der Waals surface area (Å²) >= 11 is 9.65. The molecule has 3 heteroatoms. The topological polar surface area (TPSA) is 9.23 Å². The van der Waals surface area contributed by atoms with Gasteiger partial charge < -0.3 is 4.74 Å². The highest BCUT2D eigenvalue weighted by molar-refractivity contribution is 9.09. The van der Waals surface area contributed by atoms with E-state index in [0.717, 1.165) is 18.2 Å². The van der Waals surface area contributed by atoms with Crippen molar-refractivity contribution in [1.82, 2.24) is 0 Å². The number of alkyl halides is 1. The fourth-order valence-electron chi connectivity index (χ4n) is 2.17. The number of benzene rings is 2. The summed E-state index contributed by atoms with van der Waals surface area (Å²) in [5.41, 5.74) is 5.06. The van der Waals surface area contributed by atoms with Gasteiger partial charge >= 0.3 is 0 Å². The Morgan fingerprint density at radius 1 is 0.944 bits per heavy atom. The zero-order valence-corrected chi connectivity index (χ0v) is 12.0. The summed E-state index contributed by atoms with van der Waals surface area (Å²) in [5.74, 6) is 0. The molecule has 1 heterocycles. The van der Waals surface area contributed by atoms with Gasteiger partial charge in [0, 0.05) is 5.02 Å². The Hall–Kier alpha value is -0.830. The first kappa shape index (κ1) is 12.2. The molecule has 0 spiro atoms. The van der Waals surface area contributed by atoms with Crippen molar-refractivity contribution in [1.29, 1.82) is 0 Å². The van der Waals surface area contributed by atoms with Gasteiger partial charge in [-0.2, -0.15) is 0 Å². The summed E-state index contributed by atoms with van der Waals surface area (Å²) in [5, 5.41) is 0.765. The van der Waals surface area contributed by atoms with E-state index >= 15 is 0 Å². The second-order valence-electron chi connectivity index (χ2n) is 4.44. The zero-order chi connectivity index (χ0) is 12.5. The van der Waals surface area contributed by atoms with Gasteiger partial charge in [0.2, 0.25) is 0 Å². The number of ether oxygens (including phenoxy) is 1. The predicted molar refractivity (Wildman–Crippen MR) is 77.2 cm³/mol. The molecule has 1 aliphatic heterocycles. The van der Waals surface area contributed by atoms with E-state index in [2.05, 4.69) is 34.1 Å². The molecule has 0 radical (unpaired) electrons. The van der Waals surface area contributed by atoms with E-state index in [1.165, 1.54) is 22.3 Å². The minimum absolute atomic E-state index is 0.195. The molecule has 3 rings (SSSR count). The normalized spacial score (nSPS) is 15.4. The molecule has 0 amide bonds. The van der Waals surface area contributed by atoms with Gasteiger partial charge in [-0.25, -0.2) is 0 Å². The molecule has 0 saturated carbocycles. The zero-order valence-electron chi connectivity index (χ0n) is 9.70. The van der Waals surface area contributed by atoms with E-state index in [9.17, 15) is 0 Å². The molecule has 0 aromatic heterocycles. The van der Waals surface area contributed by atoms with Gasteiger partial charge in [0.25, 0.3) is 0 Å². The molecule has 2 aromatic rings. The van der Waals surface area contributed by atoms with Crippen LogP contribution >= 0.6 is 27.5 Å². The highest BCUT2D eigenvalue weighted by atomic mass is 79.9. The number of hydrogen-bond donors (Lipinski definition) is 0. The fourth-order valence-corrected chi connectivity index (χ4v) is 2.89. The summed E-state index contributed by atoms with van der Waals surface area (Å²) < 4.78 is 5.44. The smallest absolute Gasteiger partial charge is 0.0725 e. The van der Waals surface area contributed by atoms with E-state index in [0.29, 0.717) is 0 Å². The van der Waals surface area contributed by atoms with Crippen LogP contribution in [0.4, 0.5) is 0 Å². The number of halogens is 2. The van der Waals surface area contributed by atoms with Gasteiger partial charge in [-0.1, -0.05) is 57.9 Å². The van der Waals surface area contributed by atoms with Gasteiger partial charge in [0.1, 0.15) is 0 Å². The Kier molecular flexibility index (Phi) is 3.42. The minimum Gasteiger partial charge on any atom is -0.372 e. The lowest BCUT2D eigenvalue weighted by molar-refractivity contribution is 0.134. The van der Waals surface area contributed by atoms with Crippen molar-refractivity contribution < 1.29 is 4.74 Å². The van der Waals surface area contributed by atoms with Crippen molar-refractivity contribution in [3.05, 3.63) is 69.7 Å². The standard InChI is InChI=1S/C15H12BrClO/c16-15(10-3-5-14(17)6-4-10)11-1-2-12-8-18-9-13(12)7-11/h1-7,15H,8-9H2. The molecular weight excluding hydrogens is 312 g/mol. The monoisotopic (exact) mass is 322 g/mol.